The minimum atomic E-state index is -0.981. The molecule has 3 rings (SSSR count). The van der Waals surface area contributed by atoms with Gasteiger partial charge >= 0.3 is 5.97 Å². The van der Waals surface area contributed by atoms with Crippen molar-refractivity contribution in [2.75, 3.05) is 0 Å². The first-order chi connectivity index (χ1) is 12.7. The molecule has 0 bridgehead atoms. The summed E-state index contributed by atoms with van der Waals surface area (Å²) in [7, 11) is 0. The minimum absolute atomic E-state index is 0.0585. The number of aromatic nitrogens is 2. The number of carboxylic acid groups (broad SMARTS) is 1. The molecule has 2 amide bonds. The largest absolute Gasteiger partial charge is 0.480 e. The van der Waals surface area contributed by atoms with E-state index in [1.807, 2.05) is 20.8 Å². The Bertz CT molecular complexity index is 731. The van der Waals surface area contributed by atoms with Gasteiger partial charge in [0.05, 0.1) is 6.20 Å². The van der Waals surface area contributed by atoms with E-state index in [1.54, 1.807) is 0 Å². The van der Waals surface area contributed by atoms with Crippen LogP contribution in [0.2, 0.25) is 0 Å². The number of nitrogens with zero attached hydrogens (tertiary/aromatic N) is 3. The lowest BCUT2D eigenvalue weighted by atomic mass is 9.85. The maximum absolute atomic E-state index is 13.4. The summed E-state index contributed by atoms with van der Waals surface area (Å²) in [6.45, 7) is 5.56. The van der Waals surface area contributed by atoms with Crippen molar-refractivity contribution in [3.8, 4) is 0 Å². The van der Waals surface area contributed by atoms with Crippen LogP contribution in [0.5, 0.6) is 0 Å². The van der Waals surface area contributed by atoms with E-state index in [4.69, 9.17) is 0 Å². The standard InChI is InChI=1S/C19H26N4O4/c1-19(2,3)15(22-16(24)12-10-20-7-8-21-12)17(25)23-13-6-4-5-11(13)9-14(23)18(26)27/h7-8,10-11,13-15H,4-6,9H2,1-3H3,(H,22,24)(H,26,27)/t11-,13-,14-,15?/m0/s1. The zero-order valence-electron chi connectivity index (χ0n) is 15.9. The molecule has 1 aromatic rings. The highest BCUT2D eigenvalue weighted by molar-refractivity contribution is 5.97. The molecule has 1 aliphatic heterocycles. The predicted molar refractivity (Wildman–Crippen MR) is 96.8 cm³/mol. The minimum Gasteiger partial charge on any atom is -0.480 e. The Hall–Kier alpha value is -2.51. The third-order valence-corrected chi connectivity index (χ3v) is 5.56. The zero-order valence-corrected chi connectivity index (χ0v) is 15.9. The van der Waals surface area contributed by atoms with Crippen molar-refractivity contribution in [3.63, 3.8) is 0 Å². The highest BCUT2D eigenvalue weighted by atomic mass is 16.4. The predicted octanol–water partition coefficient (Wildman–Crippen LogP) is 1.48. The topological polar surface area (TPSA) is 112 Å². The Morgan fingerprint density at radius 3 is 2.59 bits per heavy atom. The fourth-order valence-electron chi connectivity index (χ4n) is 4.25. The van der Waals surface area contributed by atoms with Crippen molar-refractivity contribution < 1.29 is 19.5 Å². The molecule has 8 heteroatoms. The second-order valence-corrected chi connectivity index (χ2v) is 8.46. The summed E-state index contributed by atoms with van der Waals surface area (Å²) in [4.78, 5) is 47.1. The molecular weight excluding hydrogens is 348 g/mol. The number of fused-ring (bicyclic) bond motifs is 1. The van der Waals surface area contributed by atoms with E-state index in [0.29, 0.717) is 6.42 Å². The summed E-state index contributed by atoms with van der Waals surface area (Å²) in [5.41, 5.74) is -0.469. The maximum Gasteiger partial charge on any atom is 0.326 e. The van der Waals surface area contributed by atoms with Crippen molar-refractivity contribution >= 4 is 17.8 Å². The maximum atomic E-state index is 13.4. The zero-order chi connectivity index (χ0) is 19.8. The first-order valence-electron chi connectivity index (χ1n) is 9.32. The van der Waals surface area contributed by atoms with Crippen molar-refractivity contribution in [3.05, 3.63) is 24.3 Å². The van der Waals surface area contributed by atoms with Crippen molar-refractivity contribution in [1.29, 1.82) is 0 Å². The quantitative estimate of drug-likeness (QED) is 0.825. The molecule has 4 atom stereocenters. The second-order valence-electron chi connectivity index (χ2n) is 8.46. The SMILES string of the molecule is CC(C)(C)C(NC(=O)c1cnccn1)C(=O)N1[C@H](C(=O)O)C[C@@H]2CCC[C@@H]21. The van der Waals surface area contributed by atoms with Crippen LogP contribution in [0, 0.1) is 11.3 Å². The van der Waals surface area contributed by atoms with Crippen molar-refractivity contribution in [1.82, 2.24) is 20.2 Å². The average Bonchev–Trinajstić information content (AvgIpc) is 3.19. The van der Waals surface area contributed by atoms with Gasteiger partial charge in [0.15, 0.2) is 0 Å². The van der Waals surface area contributed by atoms with E-state index >= 15 is 0 Å². The molecule has 2 N–H and O–H groups in total. The first-order valence-corrected chi connectivity index (χ1v) is 9.32. The third-order valence-electron chi connectivity index (χ3n) is 5.56. The smallest absolute Gasteiger partial charge is 0.326 e. The van der Waals surface area contributed by atoms with Crippen LogP contribution in [0.4, 0.5) is 0 Å². The molecule has 8 nitrogen and oxygen atoms in total. The average molecular weight is 374 g/mol. The van der Waals surface area contributed by atoms with Crippen LogP contribution in [-0.4, -0.2) is 55.9 Å². The van der Waals surface area contributed by atoms with Gasteiger partial charge in [-0.25, -0.2) is 9.78 Å². The van der Waals surface area contributed by atoms with E-state index in [9.17, 15) is 19.5 Å². The molecule has 146 valence electrons. The number of carbonyl (C=O) groups is 3. The van der Waals surface area contributed by atoms with Crippen molar-refractivity contribution in [2.24, 2.45) is 11.3 Å². The van der Waals surface area contributed by atoms with Gasteiger partial charge in [0.1, 0.15) is 17.8 Å². The summed E-state index contributed by atoms with van der Waals surface area (Å²) in [6.07, 6.45) is 7.46. The van der Waals surface area contributed by atoms with Crippen molar-refractivity contribution in [2.45, 2.75) is 64.6 Å². The molecule has 0 radical (unpaired) electrons. The van der Waals surface area contributed by atoms with Crippen LogP contribution in [0.3, 0.4) is 0 Å². The Morgan fingerprint density at radius 2 is 2.00 bits per heavy atom. The summed E-state index contributed by atoms with van der Waals surface area (Å²) in [5, 5.41) is 12.4. The third kappa shape index (κ3) is 3.79. The van der Waals surface area contributed by atoms with Gasteiger partial charge in [-0.1, -0.05) is 27.2 Å². The highest BCUT2D eigenvalue weighted by Crippen LogP contribution is 2.42. The lowest BCUT2D eigenvalue weighted by molar-refractivity contribution is -0.151. The van der Waals surface area contributed by atoms with Crippen LogP contribution >= 0.6 is 0 Å². The number of aliphatic carboxylic acids is 1. The second kappa shape index (κ2) is 7.25. The van der Waals surface area contributed by atoms with E-state index in [-0.39, 0.29) is 23.6 Å². The number of carboxylic acids is 1. The molecule has 0 aromatic carbocycles. The molecule has 2 aliphatic rings. The molecule has 0 spiro atoms. The number of amides is 2. The first kappa shape index (κ1) is 19.3. The molecule has 1 saturated carbocycles. The molecule has 2 fully saturated rings. The molecule has 1 aromatic heterocycles. The monoisotopic (exact) mass is 374 g/mol. The number of carbonyl (C=O) groups excluding carboxylic acids is 2. The van der Waals surface area contributed by atoms with Crippen LogP contribution in [0.25, 0.3) is 0 Å². The van der Waals surface area contributed by atoms with Crippen LogP contribution in [-0.2, 0) is 9.59 Å². The molecule has 2 heterocycles. The van der Waals surface area contributed by atoms with Gasteiger partial charge in [-0.15, -0.1) is 0 Å². The molecule has 1 saturated heterocycles. The molecule has 1 aliphatic carbocycles. The van der Waals surface area contributed by atoms with E-state index in [2.05, 4.69) is 15.3 Å². The van der Waals surface area contributed by atoms with E-state index in [0.717, 1.165) is 19.3 Å². The Kier molecular flexibility index (Phi) is 5.17. The highest BCUT2D eigenvalue weighted by Gasteiger charge is 2.51. The Labute approximate surface area is 158 Å². The van der Waals surface area contributed by atoms with Crippen LogP contribution in [0.15, 0.2) is 18.6 Å². The Morgan fingerprint density at radius 1 is 1.26 bits per heavy atom. The normalized spacial score (nSPS) is 25.7. The van der Waals surface area contributed by atoms with Gasteiger partial charge in [-0.3, -0.25) is 14.6 Å². The van der Waals surface area contributed by atoms with Gasteiger partial charge in [-0.05, 0) is 30.6 Å². The Balaban J connectivity index is 1.87. The number of rotatable bonds is 4. The fourth-order valence-corrected chi connectivity index (χ4v) is 4.25. The lowest BCUT2D eigenvalue weighted by Gasteiger charge is -2.37. The molecular formula is C19H26N4O4. The molecule has 27 heavy (non-hydrogen) atoms. The summed E-state index contributed by atoms with van der Waals surface area (Å²) in [5.74, 6) is -1.58. The fraction of sp³-hybridized carbons (Fsp3) is 0.632. The van der Waals surface area contributed by atoms with Gasteiger partial charge < -0.3 is 15.3 Å². The van der Waals surface area contributed by atoms with Gasteiger partial charge in [-0.2, -0.15) is 0 Å². The van der Waals surface area contributed by atoms with Gasteiger partial charge in [0.25, 0.3) is 5.91 Å². The van der Waals surface area contributed by atoms with Crippen LogP contribution in [0.1, 0.15) is 56.9 Å². The van der Waals surface area contributed by atoms with Gasteiger partial charge in [0.2, 0.25) is 5.91 Å². The number of nitrogens with one attached hydrogen (secondary N) is 1. The summed E-state index contributed by atoms with van der Waals surface area (Å²) in [6, 6.07) is -1.74. The number of hydrogen-bond acceptors (Lipinski definition) is 5. The number of likely N-dealkylation sites (tertiary alicyclic amines) is 1. The summed E-state index contributed by atoms with van der Waals surface area (Å²) < 4.78 is 0. The van der Waals surface area contributed by atoms with Gasteiger partial charge in [0, 0.05) is 18.4 Å². The lowest BCUT2D eigenvalue weighted by Crippen LogP contribution is -2.58. The van der Waals surface area contributed by atoms with E-state index < -0.39 is 29.4 Å². The van der Waals surface area contributed by atoms with E-state index in [1.165, 1.54) is 23.5 Å². The number of hydrogen-bond donors (Lipinski definition) is 2. The van der Waals surface area contributed by atoms with Crippen LogP contribution < -0.4 is 5.32 Å². The molecule has 1 unspecified atom stereocenters. The summed E-state index contributed by atoms with van der Waals surface area (Å²) >= 11 is 0.